The summed E-state index contributed by atoms with van der Waals surface area (Å²) in [4.78, 5) is 19.2. The van der Waals surface area contributed by atoms with Crippen molar-refractivity contribution in [1.82, 2.24) is 4.98 Å². The van der Waals surface area contributed by atoms with E-state index in [1.54, 1.807) is 18.2 Å². The van der Waals surface area contributed by atoms with E-state index in [0.29, 0.717) is 17.5 Å². The van der Waals surface area contributed by atoms with Crippen molar-refractivity contribution in [2.24, 2.45) is 5.92 Å². The standard InChI is InChI=1S/C18H17ClN2O2/c1-11-8-18(11)15-7-13(19)9-20-16(15)21(17(18)22)10-12-3-5-14(23-2)6-4-12/h3-7,9,11H,8,10H2,1-2H3. The highest BCUT2D eigenvalue weighted by Gasteiger charge is 2.65. The van der Waals surface area contributed by atoms with Gasteiger partial charge in [0.1, 0.15) is 11.6 Å². The molecule has 1 fully saturated rings. The molecule has 0 radical (unpaired) electrons. The molecule has 0 saturated heterocycles. The van der Waals surface area contributed by atoms with E-state index in [1.165, 1.54) is 0 Å². The highest BCUT2D eigenvalue weighted by molar-refractivity contribution is 6.30. The first kappa shape index (κ1) is 14.5. The molecule has 0 N–H and O–H groups in total. The van der Waals surface area contributed by atoms with Gasteiger partial charge in [-0.15, -0.1) is 0 Å². The number of nitrogens with zero attached hydrogens (tertiary/aromatic N) is 2. The number of methoxy groups -OCH3 is 1. The lowest BCUT2D eigenvalue weighted by molar-refractivity contribution is -0.120. The molecule has 1 aliphatic carbocycles. The van der Waals surface area contributed by atoms with Gasteiger partial charge in [0.15, 0.2) is 0 Å². The lowest BCUT2D eigenvalue weighted by atomic mass is 9.97. The smallest absolute Gasteiger partial charge is 0.239 e. The number of halogens is 1. The number of benzene rings is 1. The summed E-state index contributed by atoms with van der Waals surface area (Å²) in [6.45, 7) is 2.62. The average molecular weight is 329 g/mol. The molecule has 2 aromatic rings. The molecule has 0 bridgehead atoms. The molecule has 4 rings (SSSR count). The van der Waals surface area contributed by atoms with E-state index in [1.807, 2.05) is 30.3 Å². The molecule has 1 spiro atoms. The molecule has 1 aromatic heterocycles. The number of fused-ring (bicyclic) bond motifs is 2. The van der Waals surface area contributed by atoms with E-state index >= 15 is 0 Å². The zero-order valence-electron chi connectivity index (χ0n) is 13.0. The topological polar surface area (TPSA) is 42.4 Å². The van der Waals surface area contributed by atoms with Crippen LogP contribution < -0.4 is 9.64 Å². The maximum atomic E-state index is 13.0. The summed E-state index contributed by atoms with van der Waals surface area (Å²) < 4.78 is 5.18. The largest absolute Gasteiger partial charge is 0.497 e. The predicted molar refractivity (Wildman–Crippen MR) is 88.9 cm³/mol. The molecular formula is C18H17ClN2O2. The Hall–Kier alpha value is -2.07. The van der Waals surface area contributed by atoms with E-state index in [9.17, 15) is 4.79 Å². The Bertz CT molecular complexity index is 790. The maximum Gasteiger partial charge on any atom is 0.239 e. The van der Waals surface area contributed by atoms with Gasteiger partial charge >= 0.3 is 0 Å². The number of rotatable bonds is 3. The van der Waals surface area contributed by atoms with Crippen molar-refractivity contribution in [3.05, 3.63) is 52.7 Å². The lowest BCUT2D eigenvalue weighted by Gasteiger charge is -2.17. The van der Waals surface area contributed by atoms with Crippen molar-refractivity contribution < 1.29 is 9.53 Å². The van der Waals surface area contributed by atoms with Gasteiger partial charge in [0.2, 0.25) is 5.91 Å². The third-order valence-electron chi connectivity index (χ3n) is 5.01. The number of pyridine rings is 1. The molecule has 2 unspecified atom stereocenters. The van der Waals surface area contributed by atoms with E-state index < -0.39 is 5.41 Å². The fourth-order valence-electron chi connectivity index (χ4n) is 3.59. The number of carbonyl (C=O) groups excluding carboxylic acids is 1. The van der Waals surface area contributed by atoms with Crippen LogP contribution in [0.2, 0.25) is 5.02 Å². The van der Waals surface area contributed by atoms with Crippen LogP contribution in [-0.4, -0.2) is 18.0 Å². The van der Waals surface area contributed by atoms with Gasteiger partial charge in [-0.1, -0.05) is 30.7 Å². The molecular weight excluding hydrogens is 312 g/mol. The summed E-state index contributed by atoms with van der Waals surface area (Å²) in [5.74, 6) is 2.04. The van der Waals surface area contributed by atoms with Crippen LogP contribution in [-0.2, 0) is 16.8 Å². The zero-order chi connectivity index (χ0) is 16.2. The van der Waals surface area contributed by atoms with E-state index in [2.05, 4.69) is 11.9 Å². The molecule has 4 nitrogen and oxygen atoms in total. The highest BCUT2D eigenvalue weighted by Crippen LogP contribution is 2.61. The van der Waals surface area contributed by atoms with E-state index in [0.717, 1.165) is 29.1 Å². The van der Waals surface area contributed by atoms with E-state index in [-0.39, 0.29) is 5.91 Å². The van der Waals surface area contributed by atoms with Crippen LogP contribution in [0.15, 0.2) is 36.5 Å². The van der Waals surface area contributed by atoms with Crippen molar-refractivity contribution in [2.75, 3.05) is 12.0 Å². The maximum absolute atomic E-state index is 13.0. The molecule has 23 heavy (non-hydrogen) atoms. The monoisotopic (exact) mass is 328 g/mol. The minimum absolute atomic E-state index is 0.144. The van der Waals surface area contributed by atoms with Crippen molar-refractivity contribution in [1.29, 1.82) is 0 Å². The summed E-state index contributed by atoms with van der Waals surface area (Å²) in [5.41, 5.74) is 1.63. The lowest BCUT2D eigenvalue weighted by Crippen LogP contribution is -2.32. The molecule has 2 atom stereocenters. The van der Waals surface area contributed by atoms with E-state index in [4.69, 9.17) is 16.3 Å². The molecule has 1 amide bonds. The van der Waals surface area contributed by atoms with Gasteiger partial charge in [-0.25, -0.2) is 4.98 Å². The Morgan fingerprint density at radius 2 is 2.09 bits per heavy atom. The van der Waals surface area contributed by atoms with Crippen LogP contribution in [0.5, 0.6) is 5.75 Å². The van der Waals surface area contributed by atoms with Gasteiger partial charge in [0, 0.05) is 11.8 Å². The molecule has 118 valence electrons. The van der Waals surface area contributed by atoms with Gasteiger partial charge in [-0.3, -0.25) is 9.69 Å². The van der Waals surface area contributed by atoms with Crippen LogP contribution in [0.25, 0.3) is 0 Å². The van der Waals surface area contributed by atoms with Gasteiger partial charge in [-0.05, 0) is 36.1 Å². The van der Waals surface area contributed by atoms with Crippen LogP contribution in [0.1, 0.15) is 24.5 Å². The SMILES string of the molecule is COc1ccc(CN2C(=O)C3(CC3C)c3cc(Cl)cnc32)cc1. The number of hydrogen-bond acceptors (Lipinski definition) is 3. The minimum atomic E-state index is -0.403. The van der Waals surface area contributed by atoms with Gasteiger partial charge in [0.05, 0.1) is 24.1 Å². The summed E-state index contributed by atoms with van der Waals surface area (Å²) in [7, 11) is 1.64. The van der Waals surface area contributed by atoms with Crippen LogP contribution in [0.3, 0.4) is 0 Å². The second kappa shape index (κ2) is 4.96. The number of anilines is 1. The summed E-state index contributed by atoms with van der Waals surface area (Å²) in [6, 6.07) is 9.66. The second-order valence-electron chi connectivity index (χ2n) is 6.34. The number of amides is 1. The van der Waals surface area contributed by atoms with Crippen LogP contribution in [0.4, 0.5) is 5.82 Å². The van der Waals surface area contributed by atoms with Crippen molar-refractivity contribution in [2.45, 2.75) is 25.3 Å². The van der Waals surface area contributed by atoms with Crippen LogP contribution in [0, 0.1) is 5.92 Å². The van der Waals surface area contributed by atoms with Gasteiger partial charge in [-0.2, -0.15) is 0 Å². The number of carbonyl (C=O) groups is 1. The fourth-order valence-corrected chi connectivity index (χ4v) is 3.74. The summed E-state index contributed by atoms with van der Waals surface area (Å²) in [5, 5.41) is 0.585. The van der Waals surface area contributed by atoms with Crippen molar-refractivity contribution in [3.63, 3.8) is 0 Å². The molecule has 1 aliphatic heterocycles. The first-order chi connectivity index (χ1) is 11.1. The number of aromatic nitrogens is 1. The Labute approximate surface area is 140 Å². The average Bonchev–Trinajstić information content (AvgIpc) is 3.19. The highest BCUT2D eigenvalue weighted by atomic mass is 35.5. The predicted octanol–water partition coefficient (Wildman–Crippen LogP) is 3.57. The number of hydrogen-bond donors (Lipinski definition) is 0. The molecule has 2 aliphatic rings. The quantitative estimate of drug-likeness (QED) is 0.865. The normalized spacial score (nSPS) is 24.9. The Kier molecular flexibility index (Phi) is 3.13. The third-order valence-corrected chi connectivity index (χ3v) is 5.21. The summed E-state index contributed by atoms with van der Waals surface area (Å²) >= 11 is 6.11. The Morgan fingerprint density at radius 3 is 2.70 bits per heavy atom. The van der Waals surface area contributed by atoms with Crippen molar-refractivity contribution >= 4 is 23.3 Å². The zero-order valence-corrected chi connectivity index (χ0v) is 13.8. The summed E-state index contributed by atoms with van der Waals surface area (Å²) in [6.07, 6.45) is 2.49. The molecule has 2 heterocycles. The van der Waals surface area contributed by atoms with Gasteiger partial charge < -0.3 is 4.74 Å². The van der Waals surface area contributed by atoms with Gasteiger partial charge in [0.25, 0.3) is 0 Å². The van der Waals surface area contributed by atoms with Crippen molar-refractivity contribution in [3.8, 4) is 5.75 Å². The first-order valence-corrected chi connectivity index (χ1v) is 8.05. The fraction of sp³-hybridized carbons (Fsp3) is 0.333. The Morgan fingerprint density at radius 1 is 1.39 bits per heavy atom. The Balaban J connectivity index is 1.71. The molecule has 5 heteroatoms. The van der Waals surface area contributed by atoms with Crippen LogP contribution >= 0.6 is 11.6 Å². The first-order valence-electron chi connectivity index (χ1n) is 7.67. The second-order valence-corrected chi connectivity index (χ2v) is 6.78. The third kappa shape index (κ3) is 2.05. The number of ether oxygens (including phenoxy) is 1. The molecule has 1 aromatic carbocycles. The molecule has 1 saturated carbocycles. The minimum Gasteiger partial charge on any atom is -0.497 e.